The molecule has 4 nitrogen and oxygen atoms in total. The van der Waals surface area contributed by atoms with Crippen molar-refractivity contribution in [3.63, 3.8) is 0 Å². The molecule has 0 bridgehead atoms. The van der Waals surface area contributed by atoms with Crippen molar-refractivity contribution in [2.24, 2.45) is 4.99 Å². The van der Waals surface area contributed by atoms with Crippen LogP contribution in [0.15, 0.2) is 41.4 Å². The van der Waals surface area contributed by atoms with Gasteiger partial charge in [-0.25, -0.2) is 4.39 Å². The maximum Gasteiger partial charge on any atom is 0.191 e. The third-order valence-electron chi connectivity index (χ3n) is 5.07. The Balaban J connectivity index is 0.00000225. The lowest BCUT2D eigenvalue weighted by atomic mass is 9.74. The lowest BCUT2D eigenvalue weighted by Crippen LogP contribution is -2.49. The first kappa shape index (κ1) is 20.2. The molecule has 2 N–H and O–H groups in total. The van der Waals surface area contributed by atoms with Crippen molar-refractivity contribution in [2.75, 3.05) is 26.8 Å². The van der Waals surface area contributed by atoms with Crippen molar-refractivity contribution in [3.05, 3.63) is 47.8 Å². The van der Waals surface area contributed by atoms with Gasteiger partial charge in [0.15, 0.2) is 5.96 Å². The van der Waals surface area contributed by atoms with Gasteiger partial charge >= 0.3 is 0 Å². The number of halogens is 2. The molecule has 1 fully saturated rings. The maximum atomic E-state index is 13.3. The number of guanidine groups is 1. The van der Waals surface area contributed by atoms with Crippen LogP contribution >= 0.6 is 24.0 Å². The molecule has 25 heavy (non-hydrogen) atoms. The average molecular weight is 459 g/mol. The molecule has 1 aromatic carbocycles. The summed E-state index contributed by atoms with van der Waals surface area (Å²) in [6.07, 6.45) is 8.32. The molecule has 0 unspecified atom stereocenters. The summed E-state index contributed by atoms with van der Waals surface area (Å²) in [6.45, 7) is 2.23. The van der Waals surface area contributed by atoms with Crippen molar-refractivity contribution in [3.8, 4) is 0 Å². The Morgan fingerprint density at radius 1 is 1.20 bits per heavy atom. The zero-order valence-electron chi connectivity index (χ0n) is 14.6. The first-order chi connectivity index (χ1) is 11.7. The molecule has 3 rings (SSSR count). The predicted octanol–water partition coefficient (Wildman–Crippen LogP) is 3.38. The van der Waals surface area contributed by atoms with E-state index in [-0.39, 0.29) is 35.2 Å². The van der Waals surface area contributed by atoms with E-state index < -0.39 is 0 Å². The minimum absolute atomic E-state index is 0. The maximum absolute atomic E-state index is 13.3. The van der Waals surface area contributed by atoms with Crippen LogP contribution in [0.5, 0.6) is 0 Å². The Labute approximate surface area is 166 Å². The lowest BCUT2D eigenvalue weighted by Gasteiger charge is -2.38. The second-order valence-corrected chi connectivity index (χ2v) is 6.61. The number of nitrogens with one attached hydrogen (secondary N) is 2. The van der Waals surface area contributed by atoms with E-state index >= 15 is 0 Å². The number of rotatable bonds is 4. The van der Waals surface area contributed by atoms with E-state index in [1.165, 1.54) is 0 Å². The van der Waals surface area contributed by atoms with E-state index in [0.29, 0.717) is 6.04 Å². The fraction of sp³-hybridized carbons (Fsp3) is 0.526. The van der Waals surface area contributed by atoms with E-state index in [1.807, 2.05) is 12.1 Å². The quantitative estimate of drug-likeness (QED) is 0.314. The second kappa shape index (κ2) is 9.52. The fourth-order valence-corrected chi connectivity index (χ4v) is 3.51. The zero-order chi connectivity index (χ0) is 16.8. The molecule has 1 saturated heterocycles. The first-order valence-electron chi connectivity index (χ1n) is 8.68. The number of ether oxygens (including phenoxy) is 1. The van der Waals surface area contributed by atoms with Gasteiger partial charge in [-0.2, -0.15) is 0 Å². The van der Waals surface area contributed by atoms with Crippen LogP contribution in [0, 0.1) is 5.82 Å². The van der Waals surface area contributed by atoms with E-state index in [4.69, 9.17) is 4.74 Å². The van der Waals surface area contributed by atoms with E-state index in [1.54, 1.807) is 19.2 Å². The molecule has 0 amide bonds. The normalized spacial score (nSPS) is 20.2. The third kappa shape index (κ3) is 5.17. The molecule has 0 saturated carbocycles. The monoisotopic (exact) mass is 459 g/mol. The van der Waals surface area contributed by atoms with Crippen LogP contribution in [-0.2, 0) is 10.2 Å². The first-order valence-corrected chi connectivity index (χ1v) is 8.68. The van der Waals surface area contributed by atoms with Gasteiger partial charge in [-0.1, -0.05) is 24.3 Å². The van der Waals surface area contributed by atoms with Gasteiger partial charge in [-0.05, 0) is 43.4 Å². The standard InChI is InChI=1S/C19H26FN3O.HI/c1-21-18(23-17-4-2-3-5-17)22-14-19(10-12-24-13-11-19)15-6-8-16(20)9-7-15;/h2-3,6-9,17H,4-5,10-14H2,1H3,(H2,21,22,23);1H. The summed E-state index contributed by atoms with van der Waals surface area (Å²) in [6, 6.07) is 7.32. The van der Waals surface area contributed by atoms with Gasteiger partial charge in [0.2, 0.25) is 0 Å². The van der Waals surface area contributed by atoms with Crippen LogP contribution in [0.25, 0.3) is 0 Å². The highest BCUT2D eigenvalue weighted by Crippen LogP contribution is 2.34. The Hall–Kier alpha value is -1.15. The van der Waals surface area contributed by atoms with Crippen LogP contribution in [0.1, 0.15) is 31.2 Å². The Morgan fingerprint density at radius 2 is 1.84 bits per heavy atom. The van der Waals surface area contributed by atoms with Crippen LogP contribution < -0.4 is 10.6 Å². The summed E-state index contributed by atoms with van der Waals surface area (Å²) in [4.78, 5) is 4.35. The predicted molar refractivity (Wildman–Crippen MR) is 110 cm³/mol. The lowest BCUT2D eigenvalue weighted by molar-refractivity contribution is 0.0513. The Kier molecular flexibility index (Phi) is 7.68. The largest absolute Gasteiger partial charge is 0.381 e. The fourth-order valence-electron chi connectivity index (χ4n) is 3.51. The van der Waals surface area contributed by atoms with Crippen molar-refractivity contribution < 1.29 is 9.13 Å². The topological polar surface area (TPSA) is 45.7 Å². The highest BCUT2D eigenvalue weighted by molar-refractivity contribution is 14.0. The van der Waals surface area contributed by atoms with Gasteiger partial charge < -0.3 is 15.4 Å². The van der Waals surface area contributed by atoms with Gasteiger partial charge in [-0.15, -0.1) is 24.0 Å². The van der Waals surface area contributed by atoms with Gasteiger partial charge in [-0.3, -0.25) is 4.99 Å². The molecule has 2 aliphatic rings. The highest BCUT2D eigenvalue weighted by Gasteiger charge is 2.34. The summed E-state index contributed by atoms with van der Waals surface area (Å²) in [7, 11) is 1.80. The summed E-state index contributed by atoms with van der Waals surface area (Å²) >= 11 is 0. The Morgan fingerprint density at radius 3 is 2.44 bits per heavy atom. The van der Waals surface area contributed by atoms with Crippen molar-refractivity contribution in [1.29, 1.82) is 0 Å². The molecular weight excluding hydrogens is 432 g/mol. The SMILES string of the molecule is CN=C(NCC1(c2ccc(F)cc2)CCOCC1)NC1CC=CC1.I. The number of hydrogen-bond donors (Lipinski definition) is 2. The minimum Gasteiger partial charge on any atom is -0.381 e. The van der Waals surface area contributed by atoms with Crippen LogP contribution in [0.2, 0.25) is 0 Å². The van der Waals surface area contributed by atoms with Crippen LogP contribution in [0.4, 0.5) is 4.39 Å². The summed E-state index contributed by atoms with van der Waals surface area (Å²) < 4.78 is 18.9. The number of benzene rings is 1. The molecule has 0 aromatic heterocycles. The molecule has 0 radical (unpaired) electrons. The van der Waals surface area contributed by atoms with Crippen LogP contribution in [0.3, 0.4) is 0 Å². The number of aliphatic imine (C=N–C) groups is 1. The third-order valence-corrected chi connectivity index (χ3v) is 5.07. The number of nitrogens with zero attached hydrogens (tertiary/aromatic N) is 1. The van der Waals surface area contributed by atoms with E-state index in [0.717, 1.165) is 57.0 Å². The van der Waals surface area contributed by atoms with Crippen molar-refractivity contribution in [2.45, 2.75) is 37.1 Å². The van der Waals surface area contributed by atoms with Gasteiger partial charge in [0.25, 0.3) is 0 Å². The molecule has 0 spiro atoms. The number of hydrogen-bond acceptors (Lipinski definition) is 2. The van der Waals surface area contributed by atoms with Crippen molar-refractivity contribution >= 4 is 29.9 Å². The van der Waals surface area contributed by atoms with Gasteiger partial charge in [0, 0.05) is 38.3 Å². The van der Waals surface area contributed by atoms with Crippen molar-refractivity contribution in [1.82, 2.24) is 10.6 Å². The smallest absolute Gasteiger partial charge is 0.191 e. The molecular formula is C19H27FIN3O. The second-order valence-electron chi connectivity index (χ2n) is 6.61. The van der Waals surface area contributed by atoms with E-state index in [9.17, 15) is 4.39 Å². The Bertz CT molecular complexity index is 589. The van der Waals surface area contributed by atoms with E-state index in [2.05, 4.69) is 27.8 Å². The summed E-state index contributed by atoms with van der Waals surface area (Å²) in [5.41, 5.74) is 1.12. The molecule has 1 aromatic rings. The summed E-state index contributed by atoms with van der Waals surface area (Å²) in [5, 5.41) is 6.95. The van der Waals surface area contributed by atoms with Gasteiger partial charge in [0.1, 0.15) is 5.82 Å². The molecule has 1 aliphatic heterocycles. The molecule has 138 valence electrons. The average Bonchev–Trinajstić information content (AvgIpc) is 3.13. The molecule has 1 heterocycles. The summed E-state index contributed by atoms with van der Waals surface area (Å²) in [5.74, 6) is 0.636. The molecule has 1 aliphatic carbocycles. The minimum atomic E-state index is -0.194. The van der Waals surface area contributed by atoms with Crippen LogP contribution in [-0.4, -0.2) is 38.8 Å². The molecule has 6 heteroatoms. The zero-order valence-corrected chi connectivity index (χ0v) is 17.0. The van der Waals surface area contributed by atoms with Gasteiger partial charge in [0.05, 0.1) is 0 Å². The highest BCUT2D eigenvalue weighted by atomic mass is 127. The molecule has 0 atom stereocenters.